The number of hydrogen-bond acceptors (Lipinski definition) is 5. The van der Waals surface area contributed by atoms with E-state index >= 15 is 0 Å². The number of ether oxygens (including phenoxy) is 1. The standard InChI is InChI=1S/C19H23N3O3S/c1-25-16-5-3-2-4-15(16)22(10-7-18(20)23)19(24)13-21-9-6-17-14(12-21)8-11-26-17/h2-5,8,11H,6-7,9-10,12-13H2,1H3,(H2,20,23). The van der Waals surface area contributed by atoms with Crippen molar-refractivity contribution in [3.63, 3.8) is 0 Å². The lowest BCUT2D eigenvalue weighted by Gasteiger charge is -2.30. The Kier molecular flexibility index (Phi) is 5.90. The number of amides is 2. The fraction of sp³-hybridized carbons (Fsp3) is 0.368. The Bertz CT molecular complexity index is 790. The Morgan fingerprint density at radius 1 is 1.31 bits per heavy atom. The summed E-state index contributed by atoms with van der Waals surface area (Å²) in [5.41, 5.74) is 7.26. The number of rotatable bonds is 7. The predicted octanol–water partition coefficient (Wildman–Crippen LogP) is 2.02. The molecule has 0 fully saturated rings. The van der Waals surface area contributed by atoms with Crippen molar-refractivity contribution in [1.82, 2.24) is 4.90 Å². The molecule has 0 atom stereocenters. The Hall–Kier alpha value is -2.38. The molecule has 26 heavy (non-hydrogen) atoms. The van der Waals surface area contributed by atoms with Crippen molar-refractivity contribution < 1.29 is 14.3 Å². The molecule has 0 saturated heterocycles. The summed E-state index contributed by atoms with van der Waals surface area (Å²) in [6.45, 7) is 2.17. The third kappa shape index (κ3) is 4.23. The van der Waals surface area contributed by atoms with Crippen LogP contribution in [0.15, 0.2) is 35.7 Å². The maximum atomic E-state index is 13.0. The lowest BCUT2D eigenvalue weighted by atomic mass is 10.1. The van der Waals surface area contributed by atoms with E-state index in [0.29, 0.717) is 18.0 Å². The molecule has 1 aliphatic heterocycles. The van der Waals surface area contributed by atoms with E-state index in [4.69, 9.17) is 10.5 Å². The van der Waals surface area contributed by atoms with E-state index in [2.05, 4.69) is 16.3 Å². The van der Waals surface area contributed by atoms with Gasteiger partial charge in [-0.2, -0.15) is 0 Å². The second kappa shape index (κ2) is 8.33. The number of primary amides is 1. The monoisotopic (exact) mass is 373 g/mol. The molecular formula is C19H23N3O3S. The van der Waals surface area contributed by atoms with Gasteiger partial charge >= 0.3 is 0 Å². The Balaban J connectivity index is 1.75. The van der Waals surface area contributed by atoms with Crippen LogP contribution in [0.3, 0.4) is 0 Å². The Labute approximate surface area is 157 Å². The number of anilines is 1. The molecule has 0 saturated carbocycles. The summed E-state index contributed by atoms with van der Waals surface area (Å²) in [7, 11) is 1.57. The van der Waals surface area contributed by atoms with Crippen molar-refractivity contribution in [2.45, 2.75) is 19.4 Å². The lowest BCUT2D eigenvalue weighted by molar-refractivity contribution is -0.120. The molecule has 138 valence electrons. The number of para-hydroxylation sites is 2. The number of carbonyl (C=O) groups excluding carboxylic acids is 2. The van der Waals surface area contributed by atoms with Gasteiger partial charge in [-0.1, -0.05) is 12.1 Å². The molecule has 2 aromatic rings. The van der Waals surface area contributed by atoms with E-state index in [-0.39, 0.29) is 18.9 Å². The highest BCUT2D eigenvalue weighted by atomic mass is 32.1. The average molecular weight is 373 g/mol. The molecule has 3 rings (SSSR count). The second-order valence-corrected chi connectivity index (χ2v) is 7.26. The van der Waals surface area contributed by atoms with Crippen LogP contribution in [0.1, 0.15) is 16.9 Å². The van der Waals surface area contributed by atoms with Gasteiger partial charge in [0, 0.05) is 30.9 Å². The minimum Gasteiger partial charge on any atom is -0.495 e. The van der Waals surface area contributed by atoms with Crippen molar-refractivity contribution >= 4 is 28.8 Å². The summed E-state index contributed by atoms with van der Waals surface area (Å²) in [5.74, 6) is 0.108. The Morgan fingerprint density at radius 2 is 2.12 bits per heavy atom. The third-order valence-electron chi connectivity index (χ3n) is 4.50. The molecule has 0 spiro atoms. The number of thiophene rings is 1. The highest BCUT2D eigenvalue weighted by Gasteiger charge is 2.24. The first-order valence-electron chi connectivity index (χ1n) is 8.57. The minimum absolute atomic E-state index is 0.0607. The fourth-order valence-electron chi connectivity index (χ4n) is 3.17. The van der Waals surface area contributed by atoms with Crippen LogP contribution in [-0.4, -0.2) is 43.5 Å². The number of carbonyl (C=O) groups is 2. The van der Waals surface area contributed by atoms with Gasteiger partial charge in [0.2, 0.25) is 11.8 Å². The van der Waals surface area contributed by atoms with Crippen LogP contribution in [0.2, 0.25) is 0 Å². The first-order chi connectivity index (χ1) is 12.6. The molecule has 6 nitrogen and oxygen atoms in total. The van der Waals surface area contributed by atoms with Gasteiger partial charge in [0.1, 0.15) is 5.75 Å². The molecule has 0 radical (unpaired) electrons. The van der Waals surface area contributed by atoms with Crippen molar-refractivity contribution in [1.29, 1.82) is 0 Å². The molecule has 2 N–H and O–H groups in total. The van der Waals surface area contributed by atoms with Gasteiger partial charge in [0.05, 0.1) is 19.3 Å². The van der Waals surface area contributed by atoms with E-state index in [1.165, 1.54) is 10.4 Å². The zero-order chi connectivity index (χ0) is 18.5. The molecule has 2 heterocycles. The molecule has 7 heteroatoms. The number of nitrogens with two attached hydrogens (primary N) is 1. The number of nitrogens with zero attached hydrogens (tertiary/aromatic N) is 2. The van der Waals surface area contributed by atoms with Crippen LogP contribution >= 0.6 is 11.3 Å². The summed E-state index contributed by atoms with van der Waals surface area (Å²) >= 11 is 1.78. The van der Waals surface area contributed by atoms with Crippen molar-refractivity contribution in [2.75, 3.05) is 31.6 Å². The topological polar surface area (TPSA) is 75.9 Å². The van der Waals surface area contributed by atoms with Crippen LogP contribution < -0.4 is 15.4 Å². The lowest BCUT2D eigenvalue weighted by Crippen LogP contribution is -2.43. The molecule has 1 aromatic carbocycles. The summed E-state index contributed by atoms with van der Waals surface area (Å²) in [4.78, 5) is 29.4. The SMILES string of the molecule is COc1ccccc1N(CCC(N)=O)C(=O)CN1CCc2sccc2C1. The zero-order valence-corrected chi connectivity index (χ0v) is 15.6. The number of fused-ring (bicyclic) bond motifs is 1. The molecule has 2 amide bonds. The van der Waals surface area contributed by atoms with Gasteiger partial charge in [0.25, 0.3) is 0 Å². The van der Waals surface area contributed by atoms with Gasteiger partial charge in [-0.05, 0) is 35.6 Å². The third-order valence-corrected chi connectivity index (χ3v) is 5.53. The molecule has 0 bridgehead atoms. The maximum absolute atomic E-state index is 13.0. The van der Waals surface area contributed by atoms with Crippen LogP contribution in [0.4, 0.5) is 5.69 Å². The van der Waals surface area contributed by atoms with Gasteiger partial charge in [-0.15, -0.1) is 11.3 Å². The number of benzene rings is 1. The van der Waals surface area contributed by atoms with Gasteiger partial charge in [-0.25, -0.2) is 0 Å². The zero-order valence-electron chi connectivity index (χ0n) is 14.8. The molecule has 1 aromatic heterocycles. The van der Waals surface area contributed by atoms with Gasteiger partial charge in [-0.3, -0.25) is 14.5 Å². The largest absolute Gasteiger partial charge is 0.495 e. The van der Waals surface area contributed by atoms with Crippen LogP contribution in [0.5, 0.6) is 5.75 Å². The minimum atomic E-state index is -0.432. The van der Waals surface area contributed by atoms with E-state index in [1.807, 2.05) is 18.2 Å². The molecule has 1 aliphatic rings. The van der Waals surface area contributed by atoms with E-state index < -0.39 is 5.91 Å². The van der Waals surface area contributed by atoms with Crippen molar-refractivity contribution in [3.05, 3.63) is 46.2 Å². The van der Waals surface area contributed by atoms with E-state index in [1.54, 1.807) is 29.4 Å². The number of hydrogen-bond donors (Lipinski definition) is 1. The van der Waals surface area contributed by atoms with Gasteiger partial charge in [0.15, 0.2) is 0 Å². The van der Waals surface area contributed by atoms with Crippen molar-refractivity contribution in [2.24, 2.45) is 5.73 Å². The summed E-state index contributed by atoms with van der Waals surface area (Å²) in [6, 6.07) is 9.45. The summed E-state index contributed by atoms with van der Waals surface area (Å²) in [5, 5.41) is 2.10. The van der Waals surface area contributed by atoms with Crippen molar-refractivity contribution in [3.8, 4) is 5.75 Å². The van der Waals surface area contributed by atoms with Crippen LogP contribution in [0.25, 0.3) is 0 Å². The first-order valence-corrected chi connectivity index (χ1v) is 9.45. The molecule has 0 aliphatic carbocycles. The van der Waals surface area contributed by atoms with Gasteiger partial charge < -0.3 is 15.4 Å². The average Bonchev–Trinajstić information content (AvgIpc) is 3.09. The second-order valence-electron chi connectivity index (χ2n) is 6.26. The molecule has 0 unspecified atom stereocenters. The Morgan fingerprint density at radius 3 is 2.88 bits per heavy atom. The smallest absolute Gasteiger partial charge is 0.241 e. The summed E-state index contributed by atoms with van der Waals surface area (Å²) < 4.78 is 5.39. The molecular weight excluding hydrogens is 350 g/mol. The van der Waals surface area contributed by atoms with Crippen LogP contribution in [-0.2, 0) is 22.6 Å². The summed E-state index contributed by atoms with van der Waals surface area (Å²) in [6.07, 6.45) is 1.08. The quantitative estimate of drug-likeness (QED) is 0.806. The van der Waals surface area contributed by atoms with E-state index in [0.717, 1.165) is 19.5 Å². The fourth-order valence-corrected chi connectivity index (χ4v) is 4.06. The first kappa shape index (κ1) is 18.4. The number of methoxy groups -OCH3 is 1. The predicted molar refractivity (Wildman–Crippen MR) is 102 cm³/mol. The maximum Gasteiger partial charge on any atom is 0.241 e. The highest BCUT2D eigenvalue weighted by Crippen LogP contribution is 2.29. The highest BCUT2D eigenvalue weighted by molar-refractivity contribution is 7.10. The normalized spacial score (nSPS) is 13.9. The van der Waals surface area contributed by atoms with E-state index in [9.17, 15) is 9.59 Å². The van der Waals surface area contributed by atoms with Crippen LogP contribution in [0, 0.1) is 0 Å².